The lowest BCUT2D eigenvalue weighted by Gasteiger charge is -2.38. The molecular weight excluding hydrogens is 447 g/mol. The molecule has 2 heterocycles. The maximum Gasteiger partial charge on any atom is 0.291 e. The van der Waals surface area contributed by atoms with Crippen molar-refractivity contribution in [3.8, 4) is 5.75 Å². The average molecular weight is 475 g/mol. The third kappa shape index (κ3) is 5.06. The van der Waals surface area contributed by atoms with Crippen molar-refractivity contribution < 1.29 is 23.4 Å². The molecule has 3 aromatic carbocycles. The molecule has 6 nitrogen and oxygen atoms in total. The minimum absolute atomic E-state index is 0.199. The van der Waals surface area contributed by atoms with Crippen LogP contribution < -0.4 is 10.1 Å². The molecule has 5 rings (SSSR count). The van der Waals surface area contributed by atoms with E-state index in [-0.39, 0.29) is 17.5 Å². The highest BCUT2D eigenvalue weighted by molar-refractivity contribution is 6.04. The van der Waals surface area contributed by atoms with Gasteiger partial charge >= 0.3 is 0 Å². The van der Waals surface area contributed by atoms with E-state index in [9.17, 15) is 14.3 Å². The van der Waals surface area contributed by atoms with Gasteiger partial charge in [-0.2, -0.15) is 0 Å². The monoisotopic (exact) mass is 474 g/mol. The number of halogens is 1. The summed E-state index contributed by atoms with van der Waals surface area (Å²) in [7, 11) is 1.59. The van der Waals surface area contributed by atoms with Gasteiger partial charge in [0.1, 0.15) is 17.1 Å². The van der Waals surface area contributed by atoms with Gasteiger partial charge in [0.15, 0.2) is 5.76 Å². The summed E-state index contributed by atoms with van der Waals surface area (Å²) >= 11 is 0. The molecule has 0 aliphatic carbocycles. The van der Waals surface area contributed by atoms with E-state index in [1.165, 1.54) is 6.07 Å². The summed E-state index contributed by atoms with van der Waals surface area (Å²) < 4.78 is 24.4. The summed E-state index contributed by atoms with van der Waals surface area (Å²) in [5.41, 5.74) is 1.99. The van der Waals surface area contributed by atoms with Gasteiger partial charge < -0.3 is 19.6 Å². The fraction of sp³-hybridized carbons (Fsp3) is 0.250. The van der Waals surface area contributed by atoms with E-state index in [1.807, 2.05) is 18.2 Å². The molecule has 4 aromatic rings. The Balaban J connectivity index is 1.26. The first-order chi connectivity index (χ1) is 16.9. The number of rotatable bonds is 6. The second kappa shape index (κ2) is 9.52. The number of likely N-dealkylation sites (tertiary alicyclic amines) is 1. The van der Waals surface area contributed by atoms with Crippen LogP contribution in [0.1, 0.15) is 34.5 Å². The molecule has 0 spiro atoms. The third-order valence-electron chi connectivity index (χ3n) is 6.60. The minimum Gasteiger partial charge on any atom is -0.497 e. The van der Waals surface area contributed by atoms with Gasteiger partial charge in [0, 0.05) is 30.7 Å². The predicted molar refractivity (Wildman–Crippen MR) is 132 cm³/mol. The Morgan fingerprint density at radius 3 is 2.57 bits per heavy atom. The number of furan rings is 1. The molecule has 0 saturated carbocycles. The lowest BCUT2D eigenvalue weighted by Crippen LogP contribution is -2.42. The Morgan fingerprint density at radius 2 is 1.86 bits per heavy atom. The zero-order chi connectivity index (χ0) is 24.4. The van der Waals surface area contributed by atoms with Crippen LogP contribution in [0.15, 0.2) is 77.2 Å². The molecule has 1 aliphatic heterocycles. The second-order valence-electron chi connectivity index (χ2n) is 8.98. The standard InChI is InChI=1S/C28H27FN2O4/c1-34-24-8-6-23(7-9-24)30-27(32)26-17-20-16-21(5-10-25(20)35-26)28(33)11-13-31(14-12-28)18-19-3-2-4-22(29)15-19/h2-10,15-17,33H,11-14,18H2,1H3,(H,30,32). The first-order valence-corrected chi connectivity index (χ1v) is 11.6. The van der Waals surface area contributed by atoms with E-state index in [2.05, 4.69) is 10.2 Å². The maximum atomic E-state index is 13.5. The molecule has 0 atom stereocenters. The number of benzene rings is 3. The predicted octanol–water partition coefficient (Wildman–Crippen LogP) is 5.32. The first-order valence-electron chi connectivity index (χ1n) is 11.6. The number of carbonyl (C=O) groups is 1. The smallest absolute Gasteiger partial charge is 0.291 e. The van der Waals surface area contributed by atoms with Crippen LogP contribution in [0, 0.1) is 5.82 Å². The molecular formula is C28H27FN2O4. The maximum absolute atomic E-state index is 13.5. The number of piperidine rings is 1. The number of fused-ring (bicyclic) bond motifs is 1. The molecule has 1 aliphatic rings. The molecule has 0 radical (unpaired) electrons. The zero-order valence-corrected chi connectivity index (χ0v) is 19.5. The summed E-state index contributed by atoms with van der Waals surface area (Å²) in [5.74, 6) is 0.320. The summed E-state index contributed by atoms with van der Waals surface area (Å²) in [6.07, 6.45) is 1.13. The second-order valence-corrected chi connectivity index (χ2v) is 8.98. The van der Waals surface area contributed by atoms with E-state index < -0.39 is 5.60 Å². The zero-order valence-electron chi connectivity index (χ0n) is 19.5. The topological polar surface area (TPSA) is 74.9 Å². The Bertz CT molecular complexity index is 1340. The first kappa shape index (κ1) is 23.1. The number of methoxy groups -OCH3 is 1. The number of amides is 1. The van der Waals surface area contributed by atoms with Gasteiger partial charge in [-0.1, -0.05) is 18.2 Å². The van der Waals surface area contributed by atoms with Crippen LogP contribution in [0.5, 0.6) is 5.75 Å². The summed E-state index contributed by atoms with van der Waals surface area (Å²) in [6, 6.07) is 20.9. The van der Waals surface area contributed by atoms with Gasteiger partial charge in [0.2, 0.25) is 0 Å². The Hall–Kier alpha value is -3.68. The highest BCUT2D eigenvalue weighted by Gasteiger charge is 2.34. The van der Waals surface area contributed by atoms with E-state index in [1.54, 1.807) is 55.6 Å². The molecule has 1 saturated heterocycles. The number of ether oxygens (including phenoxy) is 1. The van der Waals surface area contributed by atoms with Gasteiger partial charge in [-0.25, -0.2) is 4.39 Å². The van der Waals surface area contributed by atoms with Crippen molar-refractivity contribution in [1.82, 2.24) is 4.90 Å². The SMILES string of the molecule is COc1ccc(NC(=O)c2cc3cc(C4(O)CCN(Cc5cccc(F)c5)CC4)ccc3o2)cc1. The Morgan fingerprint density at radius 1 is 1.09 bits per heavy atom. The average Bonchev–Trinajstić information content (AvgIpc) is 3.30. The summed E-state index contributed by atoms with van der Waals surface area (Å²) in [5, 5.41) is 15.0. The number of anilines is 1. The normalized spacial score (nSPS) is 15.7. The Kier molecular flexibility index (Phi) is 6.28. The summed E-state index contributed by atoms with van der Waals surface area (Å²) in [6.45, 7) is 2.05. The van der Waals surface area contributed by atoms with Crippen LogP contribution in [-0.2, 0) is 12.1 Å². The molecule has 1 aromatic heterocycles. The minimum atomic E-state index is -0.963. The van der Waals surface area contributed by atoms with Crippen molar-refractivity contribution in [3.63, 3.8) is 0 Å². The van der Waals surface area contributed by atoms with Crippen molar-refractivity contribution in [2.45, 2.75) is 25.0 Å². The molecule has 180 valence electrons. The lowest BCUT2D eigenvalue weighted by atomic mass is 9.84. The van der Waals surface area contributed by atoms with E-state index >= 15 is 0 Å². The van der Waals surface area contributed by atoms with Crippen LogP contribution in [0.25, 0.3) is 11.0 Å². The van der Waals surface area contributed by atoms with Crippen molar-refractivity contribution in [1.29, 1.82) is 0 Å². The number of nitrogens with one attached hydrogen (secondary N) is 1. The fourth-order valence-electron chi connectivity index (χ4n) is 4.58. The van der Waals surface area contributed by atoms with Crippen LogP contribution in [0.3, 0.4) is 0 Å². The number of carbonyl (C=O) groups excluding carboxylic acids is 1. The van der Waals surface area contributed by atoms with Crippen molar-refractivity contribution in [2.75, 3.05) is 25.5 Å². The third-order valence-corrected chi connectivity index (χ3v) is 6.60. The molecule has 1 fully saturated rings. The molecule has 0 bridgehead atoms. The van der Waals surface area contributed by atoms with Gasteiger partial charge in [-0.15, -0.1) is 0 Å². The largest absolute Gasteiger partial charge is 0.497 e. The molecule has 0 unspecified atom stereocenters. The van der Waals surface area contributed by atoms with E-state index in [4.69, 9.17) is 9.15 Å². The van der Waals surface area contributed by atoms with Crippen LogP contribution in [0.4, 0.5) is 10.1 Å². The van der Waals surface area contributed by atoms with Crippen LogP contribution >= 0.6 is 0 Å². The van der Waals surface area contributed by atoms with Crippen LogP contribution in [0.2, 0.25) is 0 Å². The van der Waals surface area contributed by atoms with Gasteiger partial charge in [0.05, 0.1) is 12.7 Å². The highest BCUT2D eigenvalue weighted by atomic mass is 19.1. The number of nitrogens with zero attached hydrogens (tertiary/aromatic N) is 1. The molecule has 2 N–H and O–H groups in total. The molecule has 7 heteroatoms. The van der Waals surface area contributed by atoms with E-state index in [0.717, 1.165) is 16.5 Å². The summed E-state index contributed by atoms with van der Waals surface area (Å²) in [4.78, 5) is 14.9. The lowest BCUT2D eigenvalue weighted by molar-refractivity contribution is -0.0276. The van der Waals surface area contributed by atoms with Crippen molar-refractivity contribution in [2.24, 2.45) is 0 Å². The number of hydrogen-bond acceptors (Lipinski definition) is 5. The van der Waals surface area contributed by atoms with Gasteiger partial charge in [-0.05, 0) is 78.6 Å². The molecule has 35 heavy (non-hydrogen) atoms. The number of aliphatic hydroxyl groups is 1. The van der Waals surface area contributed by atoms with Crippen molar-refractivity contribution >= 4 is 22.6 Å². The van der Waals surface area contributed by atoms with E-state index in [0.29, 0.717) is 49.5 Å². The van der Waals surface area contributed by atoms with Crippen molar-refractivity contribution in [3.05, 3.63) is 95.5 Å². The Labute approximate surface area is 202 Å². The number of hydrogen-bond donors (Lipinski definition) is 2. The molecule has 1 amide bonds. The highest BCUT2D eigenvalue weighted by Crippen LogP contribution is 2.35. The van der Waals surface area contributed by atoms with Gasteiger partial charge in [0.25, 0.3) is 5.91 Å². The fourth-order valence-corrected chi connectivity index (χ4v) is 4.58. The quantitative estimate of drug-likeness (QED) is 0.396. The van der Waals surface area contributed by atoms with Gasteiger partial charge in [-0.3, -0.25) is 9.69 Å². The van der Waals surface area contributed by atoms with Crippen LogP contribution in [-0.4, -0.2) is 36.1 Å².